The van der Waals surface area contributed by atoms with Gasteiger partial charge in [0.05, 0.1) is 0 Å². The smallest absolute Gasteiger partial charge is 0.139 e. The average Bonchev–Trinajstić information content (AvgIpc) is 3.65. The van der Waals surface area contributed by atoms with Crippen molar-refractivity contribution in [1.82, 2.24) is 0 Å². The fourth-order valence-corrected chi connectivity index (χ4v) is 9.26. The first-order valence-corrected chi connectivity index (χ1v) is 19.6. The zero-order valence-corrected chi connectivity index (χ0v) is 32.5. The second-order valence-corrected chi connectivity index (χ2v) is 15.3. The van der Waals surface area contributed by atoms with Crippen LogP contribution in [0.15, 0.2) is 168 Å². The molecule has 9 aromatic carbocycles. The van der Waals surface area contributed by atoms with Crippen LogP contribution in [0.3, 0.4) is 0 Å². The Labute approximate surface area is 332 Å². The average molecular weight is 708 g/mol. The summed E-state index contributed by atoms with van der Waals surface area (Å²) < 4.78 is 6.79. The molecule has 258 valence electrons. The normalized spacial score (nSPS) is 11.6. The molecule has 1 aromatic heterocycles. The number of fused-ring (bicyclic) bond motifs is 5. The van der Waals surface area contributed by atoms with E-state index in [0.717, 1.165) is 33.1 Å². The van der Waals surface area contributed by atoms with Crippen molar-refractivity contribution in [2.45, 2.75) is 0 Å². The summed E-state index contributed by atoms with van der Waals surface area (Å²) >= 11 is 0. The van der Waals surface area contributed by atoms with E-state index in [1.54, 1.807) is 0 Å². The van der Waals surface area contributed by atoms with Crippen LogP contribution in [-0.2, 0) is 0 Å². The highest BCUT2D eigenvalue weighted by Crippen LogP contribution is 2.48. The van der Waals surface area contributed by atoms with E-state index in [9.17, 15) is 0 Å². The summed E-state index contributed by atoms with van der Waals surface area (Å²) in [7, 11) is 11.4. The van der Waals surface area contributed by atoms with Crippen LogP contribution in [-0.4, -0.2) is 39.2 Å². The van der Waals surface area contributed by atoms with Gasteiger partial charge in [0.1, 0.15) is 50.4 Å². The monoisotopic (exact) mass is 708 g/mol. The Hall–Kier alpha value is -6.38. The minimum absolute atomic E-state index is 0.887. The molecule has 1 heterocycles. The largest absolute Gasteiger partial charge is 0.456 e. The summed E-state index contributed by atoms with van der Waals surface area (Å²) in [4.78, 5) is 0. The van der Waals surface area contributed by atoms with Gasteiger partial charge < -0.3 is 4.42 Å². The molecule has 0 atom stereocenters. The van der Waals surface area contributed by atoms with Gasteiger partial charge in [-0.2, -0.15) is 0 Å². The second-order valence-electron chi connectivity index (χ2n) is 15.3. The van der Waals surface area contributed by atoms with E-state index in [1.807, 2.05) is 0 Å². The van der Waals surface area contributed by atoms with Crippen LogP contribution in [0.5, 0.6) is 0 Å². The molecule has 0 saturated heterocycles. The van der Waals surface area contributed by atoms with Gasteiger partial charge >= 0.3 is 0 Å². The van der Waals surface area contributed by atoms with E-state index in [4.69, 9.17) is 4.42 Å². The molecule has 0 N–H and O–H groups in total. The highest BCUT2D eigenvalue weighted by atomic mass is 16.3. The summed E-state index contributed by atoms with van der Waals surface area (Å²) in [5, 5.41) is 7.30. The Balaban J connectivity index is 1.31. The number of benzene rings is 9. The van der Waals surface area contributed by atoms with Crippen molar-refractivity contribution in [3.05, 3.63) is 164 Å². The second kappa shape index (κ2) is 13.4. The van der Waals surface area contributed by atoms with E-state index in [1.165, 1.54) is 93.4 Å². The molecule has 0 radical (unpaired) electrons. The SMILES string of the molecule is Bc1c(B)c(B)c(-c2c3ccccc3c(-c3cccc4oc5cccc(-c6cc(-c7ccccc7)cc(-c7ccccc7)c6)c5c34)c3ccccc23)c(B)c1B. The summed E-state index contributed by atoms with van der Waals surface area (Å²) in [6.45, 7) is 0. The van der Waals surface area contributed by atoms with Gasteiger partial charge in [0.2, 0.25) is 0 Å². The maximum atomic E-state index is 6.79. The zero-order chi connectivity index (χ0) is 38.1. The summed E-state index contributed by atoms with van der Waals surface area (Å²) in [5.41, 5.74) is 20.8. The highest BCUT2D eigenvalue weighted by Gasteiger charge is 2.24. The Morgan fingerprint density at radius 2 is 0.679 bits per heavy atom. The van der Waals surface area contributed by atoms with E-state index in [2.05, 4.69) is 203 Å². The number of furan rings is 1. The van der Waals surface area contributed by atoms with Gasteiger partial charge in [0.15, 0.2) is 0 Å². The molecule has 1 nitrogen and oxygen atoms in total. The van der Waals surface area contributed by atoms with Gasteiger partial charge in [-0.05, 0) is 108 Å². The molecule has 0 bridgehead atoms. The molecule has 0 aliphatic rings. The van der Waals surface area contributed by atoms with Crippen molar-refractivity contribution < 1.29 is 4.42 Å². The fourth-order valence-electron chi connectivity index (χ4n) is 9.26. The van der Waals surface area contributed by atoms with Crippen LogP contribution in [0, 0.1) is 0 Å². The summed E-state index contributed by atoms with van der Waals surface area (Å²) in [6.07, 6.45) is 0. The van der Waals surface area contributed by atoms with E-state index in [0.29, 0.717) is 0 Å². The summed E-state index contributed by atoms with van der Waals surface area (Å²) in [5.74, 6) is 0. The minimum Gasteiger partial charge on any atom is -0.456 e. The molecule has 0 unspecified atom stereocenters. The molecule has 10 aromatic rings. The van der Waals surface area contributed by atoms with Gasteiger partial charge in [-0.1, -0.05) is 144 Å². The molecular formula is C50H37B5O. The molecular weight excluding hydrogens is 671 g/mol. The van der Waals surface area contributed by atoms with Crippen molar-refractivity contribution >= 4 is 110 Å². The third-order valence-electron chi connectivity index (χ3n) is 12.4. The first kappa shape index (κ1) is 34.1. The van der Waals surface area contributed by atoms with E-state index >= 15 is 0 Å². The van der Waals surface area contributed by atoms with Crippen LogP contribution in [0.4, 0.5) is 0 Å². The molecule has 56 heavy (non-hydrogen) atoms. The van der Waals surface area contributed by atoms with E-state index < -0.39 is 0 Å². The molecule has 0 aliphatic heterocycles. The predicted octanol–water partition coefficient (Wildman–Crippen LogP) is 5.52. The Morgan fingerprint density at radius 1 is 0.286 bits per heavy atom. The number of hydrogen-bond acceptors (Lipinski definition) is 1. The Morgan fingerprint density at radius 3 is 1.18 bits per heavy atom. The van der Waals surface area contributed by atoms with Gasteiger partial charge in [0, 0.05) is 10.8 Å². The van der Waals surface area contributed by atoms with Crippen LogP contribution in [0.25, 0.3) is 99.1 Å². The molecule has 0 aliphatic carbocycles. The van der Waals surface area contributed by atoms with Crippen LogP contribution in [0.2, 0.25) is 0 Å². The third kappa shape index (κ3) is 5.31. The first-order chi connectivity index (χ1) is 27.4. The van der Waals surface area contributed by atoms with Crippen molar-refractivity contribution in [3.8, 4) is 55.6 Å². The molecule has 0 fully saturated rings. The molecule has 0 saturated carbocycles. The van der Waals surface area contributed by atoms with Gasteiger partial charge in [0.25, 0.3) is 0 Å². The lowest BCUT2D eigenvalue weighted by Crippen LogP contribution is -2.55. The third-order valence-corrected chi connectivity index (χ3v) is 12.4. The Kier molecular flexibility index (Phi) is 8.19. The van der Waals surface area contributed by atoms with Crippen molar-refractivity contribution in [2.75, 3.05) is 0 Å². The quantitative estimate of drug-likeness (QED) is 0.170. The van der Waals surface area contributed by atoms with Crippen LogP contribution < -0.4 is 27.3 Å². The van der Waals surface area contributed by atoms with Crippen molar-refractivity contribution in [2.24, 2.45) is 0 Å². The highest BCUT2D eigenvalue weighted by molar-refractivity contribution is 6.69. The van der Waals surface area contributed by atoms with E-state index in [-0.39, 0.29) is 0 Å². The van der Waals surface area contributed by atoms with Crippen LogP contribution in [0.1, 0.15) is 0 Å². The van der Waals surface area contributed by atoms with Crippen molar-refractivity contribution in [3.63, 3.8) is 0 Å². The lowest BCUT2D eigenvalue weighted by molar-refractivity contribution is 0.669. The predicted molar refractivity (Wildman–Crippen MR) is 257 cm³/mol. The summed E-state index contributed by atoms with van der Waals surface area (Å²) in [6, 6.07) is 59.5. The molecule has 10 rings (SSSR count). The van der Waals surface area contributed by atoms with Gasteiger partial charge in [-0.15, -0.1) is 16.4 Å². The van der Waals surface area contributed by atoms with Gasteiger partial charge in [-0.3, -0.25) is 0 Å². The van der Waals surface area contributed by atoms with Crippen LogP contribution >= 0.6 is 0 Å². The maximum absolute atomic E-state index is 6.79. The lowest BCUT2D eigenvalue weighted by atomic mass is 9.59. The number of hydrogen-bond donors (Lipinski definition) is 0. The topological polar surface area (TPSA) is 13.1 Å². The van der Waals surface area contributed by atoms with Gasteiger partial charge in [-0.25, -0.2) is 0 Å². The number of rotatable bonds is 5. The molecule has 0 spiro atoms. The minimum atomic E-state index is 0.887. The molecule has 0 amide bonds. The lowest BCUT2D eigenvalue weighted by Gasteiger charge is -2.24. The fraction of sp³-hybridized carbons (Fsp3) is 0. The van der Waals surface area contributed by atoms with Crippen molar-refractivity contribution in [1.29, 1.82) is 0 Å². The first-order valence-electron chi connectivity index (χ1n) is 19.6. The zero-order valence-electron chi connectivity index (χ0n) is 32.5. The Bertz CT molecular complexity index is 3040. The maximum Gasteiger partial charge on any atom is 0.139 e. The standard InChI is InChI=1S/C50H37B5O/c51-46-45(47(52)49(54)50(55)48(46)53)42-36-19-9-7-17-34(36)41(35-18-8-10-20-37(35)42)38-22-12-24-40-44(38)43-33(21-11-23-39(43)56-40)32-26-30(28-13-3-1-4-14-28)25-31(27-32)29-15-5-2-6-16-29/h1-27H,51-55H2. The molecule has 6 heteroatoms.